The van der Waals surface area contributed by atoms with Crippen LogP contribution in [0.2, 0.25) is 0 Å². The Hall–Kier alpha value is -1.63. The molecule has 2 heterocycles. The normalized spacial score (nSPS) is 10.8. The van der Waals surface area contributed by atoms with Crippen molar-refractivity contribution in [1.82, 2.24) is 10.3 Å². The molecule has 0 spiro atoms. The summed E-state index contributed by atoms with van der Waals surface area (Å²) in [5.74, 6) is 4.91. The number of thiophene rings is 1. The van der Waals surface area contributed by atoms with Crippen molar-refractivity contribution in [2.24, 2.45) is 5.84 Å². The molecule has 3 N–H and O–H groups in total. The Labute approximate surface area is 109 Å². The molecule has 0 unspecified atom stereocenters. The number of nitrogens with one attached hydrogen (secondary N) is 1. The molecule has 2 rings (SSSR count). The number of carbonyl (C=O) groups is 1. The quantitative estimate of drug-likeness (QED) is 0.489. The Balaban J connectivity index is 2.01. The molecule has 0 saturated heterocycles. The minimum Gasteiger partial charge on any atom is -0.472 e. The zero-order valence-corrected chi connectivity index (χ0v) is 10.9. The summed E-state index contributed by atoms with van der Waals surface area (Å²) in [5, 5.41) is 1.89. The van der Waals surface area contributed by atoms with E-state index in [9.17, 15) is 4.79 Å². The summed E-state index contributed by atoms with van der Waals surface area (Å²) in [4.78, 5) is 14.3. The van der Waals surface area contributed by atoms with Crippen LogP contribution in [0, 0.1) is 0 Å². The molecule has 0 fully saturated rings. The second-order valence-electron chi connectivity index (χ2n) is 4.05. The lowest BCUT2D eigenvalue weighted by atomic mass is 10.2. The highest BCUT2D eigenvalue weighted by Gasteiger charge is 2.13. The summed E-state index contributed by atoms with van der Waals surface area (Å²) in [5.41, 5.74) is 4.25. The average Bonchev–Trinajstić information content (AvgIpc) is 2.99. The first-order valence-corrected chi connectivity index (χ1v) is 6.35. The van der Waals surface area contributed by atoms with Crippen molar-refractivity contribution < 1.29 is 9.21 Å². The van der Waals surface area contributed by atoms with Crippen molar-refractivity contribution in [3.63, 3.8) is 0 Å². The van der Waals surface area contributed by atoms with Gasteiger partial charge in [-0.2, -0.15) is 0 Å². The third-order valence-electron chi connectivity index (χ3n) is 2.56. The van der Waals surface area contributed by atoms with E-state index in [0.717, 1.165) is 17.7 Å². The number of hydrogen-bond donors (Lipinski definition) is 2. The van der Waals surface area contributed by atoms with Gasteiger partial charge in [0.15, 0.2) is 0 Å². The summed E-state index contributed by atoms with van der Waals surface area (Å²) < 4.78 is 5.02. The van der Waals surface area contributed by atoms with E-state index in [1.165, 1.54) is 11.3 Å². The fraction of sp³-hybridized carbons (Fsp3) is 0.250. The van der Waals surface area contributed by atoms with Gasteiger partial charge in [0.25, 0.3) is 5.91 Å². The van der Waals surface area contributed by atoms with E-state index < -0.39 is 0 Å². The van der Waals surface area contributed by atoms with Crippen molar-refractivity contribution in [3.05, 3.63) is 46.0 Å². The Kier molecular flexibility index (Phi) is 4.14. The van der Waals surface area contributed by atoms with Gasteiger partial charge in [-0.15, -0.1) is 11.3 Å². The van der Waals surface area contributed by atoms with Gasteiger partial charge in [0.05, 0.1) is 17.4 Å². The predicted molar refractivity (Wildman–Crippen MR) is 69.9 cm³/mol. The number of nitrogen functional groups attached to an aromatic ring is 1. The number of nitrogens with two attached hydrogens (primary N) is 1. The summed E-state index contributed by atoms with van der Waals surface area (Å²) in [6.07, 6.45) is 3.37. The third-order valence-corrected chi connectivity index (χ3v) is 3.51. The SMILES string of the molecule is CN(Cc1ccoc1)Cc1ccsc1C(=O)NN. The largest absolute Gasteiger partial charge is 0.472 e. The summed E-state index contributed by atoms with van der Waals surface area (Å²) in [6, 6.07) is 3.87. The molecule has 1 amide bonds. The van der Waals surface area contributed by atoms with E-state index in [4.69, 9.17) is 10.3 Å². The van der Waals surface area contributed by atoms with Crippen molar-refractivity contribution in [2.75, 3.05) is 7.05 Å². The first kappa shape index (κ1) is 12.8. The van der Waals surface area contributed by atoms with Crippen LogP contribution in [0.1, 0.15) is 20.8 Å². The molecule has 2 aromatic heterocycles. The Bertz CT molecular complexity index is 507. The van der Waals surface area contributed by atoms with Crippen LogP contribution in [0.5, 0.6) is 0 Å². The lowest BCUT2D eigenvalue weighted by Gasteiger charge is -2.15. The number of amides is 1. The number of nitrogens with zero attached hydrogens (tertiary/aromatic N) is 1. The Morgan fingerprint density at radius 2 is 2.33 bits per heavy atom. The lowest BCUT2D eigenvalue weighted by molar-refractivity contribution is 0.0956. The van der Waals surface area contributed by atoms with Crippen LogP contribution < -0.4 is 11.3 Å². The molecule has 0 aromatic carbocycles. The van der Waals surface area contributed by atoms with E-state index in [1.54, 1.807) is 12.5 Å². The highest BCUT2D eigenvalue weighted by Crippen LogP contribution is 2.18. The third kappa shape index (κ3) is 2.98. The molecule has 0 aliphatic carbocycles. The van der Waals surface area contributed by atoms with Gasteiger partial charge in [-0.1, -0.05) is 0 Å². The monoisotopic (exact) mass is 265 g/mol. The van der Waals surface area contributed by atoms with Gasteiger partial charge in [-0.25, -0.2) is 5.84 Å². The first-order chi connectivity index (χ1) is 8.70. The highest BCUT2D eigenvalue weighted by molar-refractivity contribution is 7.12. The van der Waals surface area contributed by atoms with E-state index in [1.807, 2.05) is 24.6 Å². The van der Waals surface area contributed by atoms with Crippen LogP contribution in [0.3, 0.4) is 0 Å². The minimum absolute atomic E-state index is 0.239. The van der Waals surface area contributed by atoms with Crippen LogP contribution in [-0.2, 0) is 13.1 Å². The van der Waals surface area contributed by atoms with E-state index in [-0.39, 0.29) is 5.91 Å². The fourth-order valence-corrected chi connectivity index (χ4v) is 2.58. The molecule has 5 nitrogen and oxygen atoms in total. The van der Waals surface area contributed by atoms with Gasteiger partial charge < -0.3 is 4.42 Å². The maximum absolute atomic E-state index is 11.5. The second kappa shape index (κ2) is 5.81. The molecule has 18 heavy (non-hydrogen) atoms. The van der Waals surface area contributed by atoms with E-state index in [0.29, 0.717) is 11.4 Å². The predicted octanol–water partition coefficient (Wildman–Crippen LogP) is 1.58. The second-order valence-corrected chi connectivity index (χ2v) is 4.97. The van der Waals surface area contributed by atoms with Crippen LogP contribution in [-0.4, -0.2) is 17.9 Å². The van der Waals surface area contributed by atoms with Crippen molar-refractivity contribution in [1.29, 1.82) is 0 Å². The number of rotatable bonds is 5. The zero-order chi connectivity index (χ0) is 13.0. The molecule has 96 valence electrons. The van der Waals surface area contributed by atoms with Crippen LogP contribution in [0.4, 0.5) is 0 Å². The summed E-state index contributed by atoms with van der Waals surface area (Å²) in [7, 11) is 1.99. The van der Waals surface area contributed by atoms with Crippen molar-refractivity contribution in [3.8, 4) is 0 Å². The van der Waals surface area contributed by atoms with Gasteiger partial charge in [-0.3, -0.25) is 15.1 Å². The molecular formula is C12H15N3O2S. The number of furan rings is 1. The van der Waals surface area contributed by atoms with Gasteiger partial charge in [0.2, 0.25) is 0 Å². The van der Waals surface area contributed by atoms with Gasteiger partial charge in [-0.05, 0) is 30.1 Å². The van der Waals surface area contributed by atoms with Crippen LogP contribution >= 0.6 is 11.3 Å². The lowest BCUT2D eigenvalue weighted by Crippen LogP contribution is -2.30. The van der Waals surface area contributed by atoms with Gasteiger partial charge >= 0.3 is 0 Å². The topological polar surface area (TPSA) is 71.5 Å². The fourth-order valence-electron chi connectivity index (χ4n) is 1.77. The van der Waals surface area contributed by atoms with E-state index in [2.05, 4.69) is 10.3 Å². The summed E-state index contributed by atoms with van der Waals surface area (Å²) >= 11 is 1.39. The molecular weight excluding hydrogens is 250 g/mol. The number of carbonyl (C=O) groups excluding carboxylic acids is 1. The van der Waals surface area contributed by atoms with E-state index >= 15 is 0 Å². The van der Waals surface area contributed by atoms with Crippen molar-refractivity contribution in [2.45, 2.75) is 13.1 Å². The standard InChI is InChI=1S/C12H15N3O2S/c1-15(6-9-2-4-17-8-9)7-10-3-5-18-11(10)12(16)14-13/h2-5,8H,6-7,13H2,1H3,(H,14,16). The maximum Gasteiger partial charge on any atom is 0.275 e. The highest BCUT2D eigenvalue weighted by atomic mass is 32.1. The molecule has 0 aliphatic heterocycles. The Morgan fingerprint density at radius 1 is 1.50 bits per heavy atom. The van der Waals surface area contributed by atoms with Gasteiger partial charge in [0, 0.05) is 18.7 Å². The molecule has 6 heteroatoms. The zero-order valence-electron chi connectivity index (χ0n) is 10.1. The summed E-state index contributed by atoms with van der Waals surface area (Å²) in [6.45, 7) is 1.47. The number of hydrogen-bond acceptors (Lipinski definition) is 5. The Morgan fingerprint density at radius 3 is 3.00 bits per heavy atom. The minimum atomic E-state index is -0.239. The molecule has 0 saturated carbocycles. The van der Waals surface area contributed by atoms with Crippen molar-refractivity contribution >= 4 is 17.2 Å². The molecule has 0 bridgehead atoms. The maximum atomic E-state index is 11.5. The smallest absolute Gasteiger partial charge is 0.275 e. The molecule has 2 aromatic rings. The first-order valence-electron chi connectivity index (χ1n) is 5.47. The van der Waals surface area contributed by atoms with Crippen LogP contribution in [0.15, 0.2) is 34.5 Å². The molecule has 0 aliphatic rings. The molecule has 0 atom stereocenters. The molecule has 0 radical (unpaired) electrons. The average molecular weight is 265 g/mol. The number of hydrazine groups is 1. The van der Waals surface area contributed by atoms with Gasteiger partial charge in [0.1, 0.15) is 0 Å². The van der Waals surface area contributed by atoms with Crippen LogP contribution in [0.25, 0.3) is 0 Å².